The SMILES string of the molecule is COC1CCN(c2nnc(C(F)(F)F)s2)CC1. The van der Waals surface area contributed by atoms with Gasteiger partial charge in [0.1, 0.15) is 0 Å². The molecule has 0 bridgehead atoms. The lowest BCUT2D eigenvalue weighted by Crippen LogP contribution is -2.36. The normalized spacial score (nSPS) is 18.7. The Bertz CT molecular complexity index is 374. The zero-order valence-electron chi connectivity index (χ0n) is 9.20. The van der Waals surface area contributed by atoms with Gasteiger partial charge < -0.3 is 9.64 Å². The van der Waals surface area contributed by atoms with E-state index in [0.29, 0.717) is 29.6 Å². The number of nitrogens with zero attached hydrogens (tertiary/aromatic N) is 3. The Labute approximate surface area is 100 Å². The van der Waals surface area contributed by atoms with Gasteiger partial charge in [-0.05, 0) is 12.8 Å². The lowest BCUT2D eigenvalue weighted by atomic mass is 10.1. The van der Waals surface area contributed by atoms with E-state index in [2.05, 4.69) is 10.2 Å². The van der Waals surface area contributed by atoms with Gasteiger partial charge in [-0.15, -0.1) is 10.2 Å². The smallest absolute Gasteiger partial charge is 0.381 e. The third kappa shape index (κ3) is 2.86. The van der Waals surface area contributed by atoms with Crippen LogP contribution >= 0.6 is 11.3 Å². The Hall–Kier alpha value is -0.890. The number of alkyl halides is 3. The van der Waals surface area contributed by atoms with E-state index in [1.54, 1.807) is 7.11 Å². The molecule has 17 heavy (non-hydrogen) atoms. The summed E-state index contributed by atoms with van der Waals surface area (Å²) in [6.45, 7) is 1.32. The molecule has 1 fully saturated rings. The highest BCUT2D eigenvalue weighted by molar-refractivity contribution is 7.15. The molecule has 4 nitrogen and oxygen atoms in total. The molecule has 1 aliphatic heterocycles. The average molecular weight is 267 g/mol. The van der Waals surface area contributed by atoms with Crippen LogP contribution in [0.4, 0.5) is 18.3 Å². The van der Waals surface area contributed by atoms with E-state index in [9.17, 15) is 13.2 Å². The number of anilines is 1. The zero-order chi connectivity index (χ0) is 12.5. The summed E-state index contributed by atoms with van der Waals surface area (Å²) in [6.07, 6.45) is -2.60. The van der Waals surface area contributed by atoms with Crippen LogP contribution < -0.4 is 4.90 Å². The molecule has 0 amide bonds. The minimum atomic E-state index is -4.40. The lowest BCUT2D eigenvalue weighted by Gasteiger charge is -2.30. The number of hydrogen-bond donors (Lipinski definition) is 0. The molecule has 0 unspecified atom stereocenters. The molecule has 1 saturated heterocycles. The van der Waals surface area contributed by atoms with Crippen LogP contribution in [0.15, 0.2) is 0 Å². The number of rotatable bonds is 2. The van der Waals surface area contributed by atoms with Crippen molar-refractivity contribution in [2.75, 3.05) is 25.1 Å². The number of aromatic nitrogens is 2. The molecule has 0 saturated carbocycles. The van der Waals surface area contributed by atoms with Crippen molar-refractivity contribution >= 4 is 16.5 Å². The lowest BCUT2D eigenvalue weighted by molar-refractivity contribution is -0.138. The average Bonchev–Trinajstić information content (AvgIpc) is 2.78. The van der Waals surface area contributed by atoms with Crippen LogP contribution in [0.5, 0.6) is 0 Å². The molecule has 1 aromatic rings. The van der Waals surface area contributed by atoms with Crippen molar-refractivity contribution in [1.29, 1.82) is 0 Å². The number of hydrogen-bond acceptors (Lipinski definition) is 5. The van der Waals surface area contributed by atoms with Gasteiger partial charge in [-0.2, -0.15) is 13.2 Å². The van der Waals surface area contributed by atoms with E-state index < -0.39 is 11.2 Å². The number of halogens is 3. The van der Waals surface area contributed by atoms with Crippen molar-refractivity contribution in [1.82, 2.24) is 10.2 Å². The minimum Gasteiger partial charge on any atom is -0.381 e. The standard InChI is InChI=1S/C9H12F3N3OS/c1-16-6-2-4-15(5-3-6)8-14-13-7(17-8)9(10,11)12/h6H,2-5H2,1H3. The van der Waals surface area contributed by atoms with E-state index in [1.807, 2.05) is 4.90 Å². The van der Waals surface area contributed by atoms with Gasteiger partial charge in [0.25, 0.3) is 0 Å². The molecule has 1 aliphatic rings. The van der Waals surface area contributed by atoms with Crippen LogP contribution in [-0.2, 0) is 10.9 Å². The van der Waals surface area contributed by atoms with E-state index in [4.69, 9.17) is 4.74 Å². The molecule has 1 aromatic heterocycles. The topological polar surface area (TPSA) is 38.2 Å². The molecule has 0 atom stereocenters. The van der Waals surface area contributed by atoms with Crippen molar-refractivity contribution < 1.29 is 17.9 Å². The first kappa shape index (κ1) is 12.6. The fraction of sp³-hybridized carbons (Fsp3) is 0.778. The molecule has 8 heteroatoms. The quantitative estimate of drug-likeness (QED) is 0.823. The molecular weight excluding hydrogens is 255 g/mol. The van der Waals surface area contributed by atoms with Gasteiger partial charge in [-0.3, -0.25) is 0 Å². The summed E-state index contributed by atoms with van der Waals surface area (Å²) in [7, 11) is 1.65. The molecule has 0 aliphatic carbocycles. The summed E-state index contributed by atoms with van der Waals surface area (Å²) in [5.41, 5.74) is 0. The Morgan fingerprint density at radius 3 is 2.41 bits per heavy atom. The number of piperidine rings is 1. The summed E-state index contributed by atoms with van der Waals surface area (Å²) in [4.78, 5) is 1.82. The van der Waals surface area contributed by atoms with Crippen LogP contribution in [0.25, 0.3) is 0 Å². The summed E-state index contributed by atoms with van der Waals surface area (Å²) >= 11 is 0.593. The van der Waals surface area contributed by atoms with E-state index >= 15 is 0 Å². The second-order valence-electron chi connectivity index (χ2n) is 3.81. The van der Waals surface area contributed by atoms with Crippen LogP contribution in [0.1, 0.15) is 17.8 Å². The summed E-state index contributed by atoms with van der Waals surface area (Å²) in [5.74, 6) is 0. The van der Waals surface area contributed by atoms with Gasteiger partial charge in [-0.1, -0.05) is 11.3 Å². The highest BCUT2D eigenvalue weighted by Crippen LogP contribution is 2.35. The van der Waals surface area contributed by atoms with Crippen molar-refractivity contribution in [3.63, 3.8) is 0 Å². The maximum atomic E-state index is 12.4. The molecule has 2 heterocycles. The Kier molecular flexibility index (Phi) is 3.53. The van der Waals surface area contributed by atoms with Gasteiger partial charge in [-0.25, -0.2) is 0 Å². The predicted octanol–water partition coefficient (Wildman–Crippen LogP) is 2.17. The van der Waals surface area contributed by atoms with E-state index in [0.717, 1.165) is 12.8 Å². The number of methoxy groups -OCH3 is 1. The number of ether oxygens (including phenoxy) is 1. The van der Waals surface area contributed by atoms with E-state index in [1.165, 1.54) is 0 Å². The fourth-order valence-electron chi connectivity index (χ4n) is 1.74. The van der Waals surface area contributed by atoms with Gasteiger partial charge in [0.15, 0.2) is 0 Å². The maximum absolute atomic E-state index is 12.4. The molecule has 96 valence electrons. The first-order chi connectivity index (χ1) is 8.00. The monoisotopic (exact) mass is 267 g/mol. The second kappa shape index (κ2) is 4.77. The van der Waals surface area contributed by atoms with Crippen LogP contribution in [-0.4, -0.2) is 36.5 Å². The highest BCUT2D eigenvalue weighted by Gasteiger charge is 2.36. The van der Waals surface area contributed by atoms with Crippen LogP contribution in [0.2, 0.25) is 0 Å². The molecule has 0 spiro atoms. The Morgan fingerprint density at radius 2 is 1.94 bits per heavy atom. The Balaban J connectivity index is 2.02. The first-order valence-corrected chi connectivity index (χ1v) is 6.01. The van der Waals surface area contributed by atoms with Gasteiger partial charge in [0.2, 0.25) is 10.1 Å². The largest absolute Gasteiger partial charge is 0.445 e. The fourth-order valence-corrected chi connectivity index (χ4v) is 2.50. The predicted molar refractivity (Wildman–Crippen MR) is 57.2 cm³/mol. The van der Waals surface area contributed by atoms with Crippen molar-refractivity contribution in [2.45, 2.75) is 25.1 Å². The summed E-state index contributed by atoms with van der Waals surface area (Å²) in [6, 6.07) is 0. The third-order valence-electron chi connectivity index (χ3n) is 2.70. The van der Waals surface area contributed by atoms with Crippen molar-refractivity contribution in [3.8, 4) is 0 Å². The van der Waals surface area contributed by atoms with Crippen LogP contribution in [0.3, 0.4) is 0 Å². The van der Waals surface area contributed by atoms with Gasteiger partial charge in [0, 0.05) is 20.2 Å². The van der Waals surface area contributed by atoms with Gasteiger partial charge in [0.05, 0.1) is 6.10 Å². The Morgan fingerprint density at radius 1 is 1.29 bits per heavy atom. The molecule has 2 rings (SSSR count). The van der Waals surface area contributed by atoms with Crippen LogP contribution in [0, 0.1) is 0 Å². The highest BCUT2D eigenvalue weighted by atomic mass is 32.1. The second-order valence-corrected chi connectivity index (χ2v) is 4.77. The van der Waals surface area contributed by atoms with E-state index in [-0.39, 0.29) is 6.10 Å². The molecular formula is C9H12F3N3OS. The molecule has 0 radical (unpaired) electrons. The first-order valence-electron chi connectivity index (χ1n) is 5.19. The van der Waals surface area contributed by atoms with Gasteiger partial charge >= 0.3 is 6.18 Å². The molecule has 0 N–H and O–H groups in total. The maximum Gasteiger partial charge on any atom is 0.445 e. The van der Waals surface area contributed by atoms with Crippen molar-refractivity contribution in [3.05, 3.63) is 5.01 Å². The van der Waals surface area contributed by atoms with Crippen molar-refractivity contribution in [2.24, 2.45) is 0 Å². The third-order valence-corrected chi connectivity index (χ3v) is 3.73. The summed E-state index contributed by atoms with van der Waals surface area (Å²) < 4.78 is 42.3. The molecule has 0 aromatic carbocycles. The minimum absolute atomic E-state index is 0.196. The summed E-state index contributed by atoms with van der Waals surface area (Å²) in [5, 5.41) is 6.22. The zero-order valence-corrected chi connectivity index (χ0v) is 10.0.